The Morgan fingerprint density at radius 2 is 2.10 bits per heavy atom. The van der Waals surface area contributed by atoms with Gasteiger partial charge in [-0.25, -0.2) is 4.79 Å². The lowest BCUT2D eigenvalue weighted by atomic mass is 10.2. The van der Waals surface area contributed by atoms with Gasteiger partial charge in [0.15, 0.2) is 6.61 Å². The van der Waals surface area contributed by atoms with Gasteiger partial charge in [-0.3, -0.25) is 0 Å². The zero-order valence-electron chi connectivity index (χ0n) is 10.8. The van der Waals surface area contributed by atoms with E-state index in [-0.39, 0.29) is 12.6 Å². The number of benzene rings is 1. The lowest BCUT2D eigenvalue weighted by Crippen LogP contribution is -1.95. The minimum atomic E-state index is -0.403. The van der Waals surface area contributed by atoms with Gasteiger partial charge in [-0.2, -0.15) is 0 Å². The van der Waals surface area contributed by atoms with Crippen LogP contribution in [0.4, 0.5) is 6.01 Å². The van der Waals surface area contributed by atoms with Gasteiger partial charge in [0.2, 0.25) is 0 Å². The molecule has 0 aliphatic rings. The number of carbonyl (C=O) groups excluding carboxylic acids is 1. The number of anilines is 1. The maximum Gasteiger partial charge on any atom is 0.330 e. The normalized spacial score (nSPS) is 10.7. The molecule has 2 rings (SSSR count). The number of carbonyl (C=O) groups is 1. The van der Waals surface area contributed by atoms with Crippen molar-refractivity contribution in [1.29, 1.82) is 0 Å². The third kappa shape index (κ3) is 3.84. The van der Waals surface area contributed by atoms with Crippen molar-refractivity contribution in [2.75, 3.05) is 12.8 Å². The van der Waals surface area contributed by atoms with Crippen molar-refractivity contribution in [2.24, 2.45) is 0 Å². The van der Waals surface area contributed by atoms with Gasteiger partial charge in [0, 0.05) is 6.08 Å². The maximum absolute atomic E-state index is 10.9. The van der Waals surface area contributed by atoms with Crippen molar-refractivity contribution in [1.82, 2.24) is 10.2 Å². The average Bonchev–Trinajstić information content (AvgIpc) is 2.89. The minimum Gasteiger partial charge on any atom is -0.484 e. The fraction of sp³-hybridized carbons (Fsp3) is 0.154. The van der Waals surface area contributed by atoms with E-state index in [4.69, 9.17) is 14.9 Å². The maximum atomic E-state index is 10.9. The molecular weight excluding hydrogens is 262 g/mol. The number of esters is 1. The number of nitrogens with two attached hydrogens (primary N) is 1. The summed E-state index contributed by atoms with van der Waals surface area (Å²) < 4.78 is 14.9. The predicted octanol–water partition coefficient (Wildman–Crippen LogP) is 1.42. The molecule has 7 heteroatoms. The molecule has 0 saturated heterocycles. The van der Waals surface area contributed by atoms with Crippen LogP contribution in [0.2, 0.25) is 0 Å². The second kappa shape index (κ2) is 6.37. The van der Waals surface area contributed by atoms with Gasteiger partial charge in [-0.05, 0) is 23.8 Å². The van der Waals surface area contributed by atoms with Crippen LogP contribution in [0.5, 0.6) is 5.75 Å². The first kappa shape index (κ1) is 13.6. The number of aromatic nitrogens is 2. The van der Waals surface area contributed by atoms with E-state index in [1.165, 1.54) is 13.2 Å². The molecule has 7 nitrogen and oxygen atoms in total. The highest BCUT2D eigenvalue weighted by atomic mass is 16.5. The van der Waals surface area contributed by atoms with E-state index in [0.29, 0.717) is 11.6 Å². The van der Waals surface area contributed by atoms with Crippen LogP contribution in [-0.2, 0) is 16.1 Å². The average molecular weight is 275 g/mol. The van der Waals surface area contributed by atoms with E-state index in [1.54, 1.807) is 30.3 Å². The topological polar surface area (TPSA) is 100 Å². The van der Waals surface area contributed by atoms with Gasteiger partial charge < -0.3 is 19.6 Å². The predicted molar refractivity (Wildman–Crippen MR) is 70.5 cm³/mol. The molecule has 0 saturated carbocycles. The number of hydrogen-bond donors (Lipinski definition) is 1. The Labute approximate surface area is 115 Å². The molecular formula is C13H13N3O4. The Hall–Kier alpha value is -2.83. The molecule has 1 aromatic heterocycles. The quantitative estimate of drug-likeness (QED) is 0.650. The molecule has 104 valence electrons. The molecule has 0 radical (unpaired) electrons. The van der Waals surface area contributed by atoms with Crippen LogP contribution >= 0.6 is 0 Å². The van der Waals surface area contributed by atoms with E-state index >= 15 is 0 Å². The van der Waals surface area contributed by atoms with Crippen molar-refractivity contribution in [2.45, 2.75) is 6.61 Å². The monoisotopic (exact) mass is 275 g/mol. The summed E-state index contributed by atoms with van der Waals surface area (Å²) in [6.07, 6.45) is 2.99. The van der Waals surface area contributed by atoms with Crippen molar-refractivity contribution in [3.05, 3.63) is 41.8 Å². The summed E-state index contributed by atoms with van der Waals surface area (Å²) in [4.78, 5) is 10.9. The molecule has 0 aliphatic carbocycles. The van der Waals surface area contributed by atoms with Gasteiger partial charge in [-0.1, -0.05) is 17.2 Å². The Balaban J connectivity index is 1.91. The van der Waals surface area contributed by atoms with Gasteiger partial charge in [0.1, 0.15) is 5.75 Å². The fourth-order valence-corrected chi connectivity index (χ4v) is 1.38. The molecule has 0 amide bonds. The van der Waals surface area contributed by atoms with E-state index in [2.05, 4.69) is 14.9 Å². The SMILES string of the molecule is COC(=O)/C=C/c1ccc(OCc2nnc(N)o2)cc1. The number of methoxy groups -OCH3 is 1. The molecule has 0 unspecified atom stereocenters. The van der Waals surface area contributed by atoms with E-state index in [9.17, 15) is 4.79 Å². The van der Waals surface area contributed by atoms with E-state index in [1.807, 2.05) is 0 Å². The highest BCUT2D eigenvalue weighted by Crippen LogP contribution is 2.15. The molecule has 1 aromatic carbocycles. The van der Waals surface area contributed by atoms with Crippen LogP contribution < -0.4 is 10.5 Å². The van der Waals surface area contributed by atoms with Crippen molar-refractivity contribution in [3.63, 3.8) is 0 Å². The van der Waals surface area contributed by atoms with Gasteiger partial charge in [0.25, 0.3) is 5.89 Å². The van der Waals surface area contributed by atoms with E-state index < -0.39 is 5.97 Å². The molecule has 0 atom stereocenters. The standard InChI is InChI=1S/C13H13N3O4/c1-18-12(17)7-4-9-2-5-10(6-3-9)19-8-11-15-16-13(14)20-11/h2-7H,8H2,1H3,(H2,14,16)/b7-4+. The number of nitrogen functional groups attached to an aromatic ring is 1. The molecule has 2 N–H and O–H groups in total. The number of nitrogens with zero attached hydrogens (tertiary/aromatic N) is 2. The highest BCUT2D eigenvalue weighted by molar-refractivity contribution is 5.86. The second-order valence-electron chi connectivity index (χ2n) is 3.75. The van der Waals surface area contributed by atoms with Crippen LogP contribution in [-0.4, -0.2) is 23.3 Å². The summed E-state index contributed by atoms with van der Waals surface area (Å²) in [6.45, 7) is 0.140. The second-order valence-corrected chi connectivity index (χ2v) is 3.75. The minimum absolute atomic E-state index is 0.00638. The molecule has 0 fully saturated rings. The van der Waals surface area contributed by atoms with Crippen LogP contribution in [0.3, 0.4) is 0 Å². The van der Waals surface area contributed by atoms with Crippen LogP contribution in [0.1, 0.15) is 11.5 Å². The summed E-state index contributed by atoms with van der Waals surface area (Å²) in [5, 5.41) is 7.20. The molecule has 0 spiro atoms. The molecule has 1 heterocycles. The summed E-state index contributed by atoms with van der Waals surface area (Å²) in [5.74, 6) is 0.536. The number of rotatable bonds is 5. The fourth-order valence-electron chi connectivity index (χ4n) is 1.38. The van der Waals surface area contributed by atoms with Gasteiger partial charge >= 0.3 is 12.0 Å². The Bertz CT molecular complexity index is 604. The first-order valence-electron chi connectivity index (χ1n) is 5.74. The molecule has 2 aromatic rings. The van der Waals surface area contributed by atoms with Crippen LogP contribution in [0.25, 0.3) is 6.08 Å². The Morgan fingerprint density at radius 3 is 2.70 bits per heavy atom. The zero-order chi connectivity index (χ0) is 14.4. The van der Waals surface area contributed by atoms with Crippen molar-refractivity contribution >= 4 is 18.1 Å². The first-order valence-corrected chi connectivity index (χ1v) is 5.74. The summed E-state index contributed by atoms with van der Waals surface area (Å²) in [6, 6.07) is 7.13. The number of ether oxygens (including phenoxy) is 2. The van der Waals surface area contributed by atoms with Crippen molar-refractivity contribution in [3.8, 4) is 5.75 Å². The molecule has 20 heavy (non-hydrogen) atoms. The van der Waals surface area contributed by atoms with Crippen LogP contribution in [0, 0.1) is 0 Å². The summed E-state index contributed by atoms with van der Waals surface area (Å²) in [5.41, 5.74) is 6.15. The van der Waals surface area contributed by atoms with Gasteiger partial charge in [-0.15, -0.1) is 5.10 Å². The lowest BCUT2D eigenvalue weighted by molar-refractivity contribution is -0.134. The largest absolute Gasteiger partial charge is 0.484 e. The Morgan fingerprint density at radius 1 is 1.35 bits per heavy atom. The first-order chi connectivity index (χ1) is 9.67. The van der Waals surface area contributed by atoms with Gasteiger partial charge in [0.05, 0.1) is 7.11 Å². The summed E-state index contributed by atoms with van der Waals surface area (Å²) in [7, 11) is 1.33. The van der Waals surface area contributed by atoms with E-state index in [0.717, 1.165) is 5.56 Å². The zero-order valence-corrected chi connectivity index (χ0v) is 10.8. The third-order valence-corrected chi connectivity index (χ3v) is 2.34. The molecule has 0 bridgehead atoms. The Kier molecular flexibility index (Phi) is 4.33. The van der Waals surface area contributed by atoms with Crippen molar-refractivity contribution < 1.29 is 18.7 Å². The highest BCUT2D eigenvalue weighted by Gasteiger charge is 2.03. The molecule has 0 aliphatic heterocycles. The number of hydrogen-bond acceptors (Lipinski definition) is 7. The summed E-state index contributed by atoms with van der Waals surface area (Å²) >= 11 is 0. The lowest BCUT2D eigenvalue weighted by Gasteiger charge is -2.03. The third-order valence-electron chi connectivity index (χ3n) is 2.34. The van der Waals surface area contributed by atoms with Crippen LogP contribution in [0.15, 0.2) is 34.8 Å². The smallest absolute Gasteiger partial charge is 0.330 e.